The van der Waals surface area contributed by atoms with Gasteiger partial charge < -0.3 is 10.1 Å². The minimum Gasteiger partial charge on any atom is -0.427 e. The number of nitrogens with one attached hydrogen (secondary N) is 2. The normalized spacial score (nSPS) is 9.20. The Bertz CT molecular complexity index is 378. The Morgan fingerprint density at radius 3 is 2.73 bits per heavy atom. The number of benzene rings is 1. The highest BCUT2D eigenvalue weighted by atomic mass is 16.5. The van der Waals surface area contributed by atoms with Crippen LogP contribution < -0.4 is 15.5 Å². The molecule has 0 saturated heterocycles. The van der Waals surface area contributed by atoms with E-state index >= 15 is 0 Å². The zero-order valence-corrected chi connectivity index (χ0v) is 7.98. The molecule has 0 saturated carbocycles. The number of hydrogen-bond acceptors (Lipinski definition) is 5. The molecule has 0 fully saturated rings. The second-order valence-corrected chi connectivity index (χ2v) is 2.68. The third kappa shape index (κ3) is 2.96. The Hall–Kier alpha value is -2.08. The second kappa shape index (κ2) is 4.97. The van der Waals surface area contributed by atoms with E-state index in [0.717, 1.165) is 0 Å². The Labute approximate surface area is 85.8 Å². The van der Waals surface area contributed by atoms with Crippen molar-refractivity contribution in [1.82, 2.24) is 0 Å². The van der Waals surface area contributed by atoms with Crippen LogP contribution in [0.2, 0.25) is 0 Å². The van der Waals surface area contributed by atoms with Gasteiger partial charge in [0.25, 0.3) is 0 Å². The van der Waals surface area contributed by atoms with E-state index in [0.29, 0.717) is 12.1 Å². The Balaban J connectivity index is 2.96. The molecule has 0 unspecified atom stereocenters. The summed E-state index contributed by atoms with van der Waals surface area (Å²) in [4.78, 5) is 20.8. The van der Waals surface area contributed by atoms with Gasteiger partial charge in [0.05, 0.1) is 11.4 Å². The summed E-state index contributed by atoms with van der Waals surface area (Å²) in [5.74, 6) is -0.189. The van der Waals surface area contributed by atoms with Gasteiger partial charge in [-0.3, -0.25) is 20.3 Å². The van der Waals surface area contributed by atoms with Crippen LogP contribution in [-0.2, 0) is 9.59 Å². The van der Waals surface area contributed by atoms with Crippen molar-refractivity contribution in [2.45, 2.75) is 6.92 Å². The molecule has 80 valence electrons. The number of carbonyl (C=O) groups is 2. The summed E-state index contributed by atoms with van der Waals surface area (Å²) in [5, 5.41) is 11.1. The topological polar surface area (TPSA) is 87.7 Å². The van der Waals surface area contributed by atoms with Crippen molar-refractivity contribution in [1.29, 1.82) is 0 Å². The second-order valence-electron chi connectivity index (χ2n) is 2.68. The lowest BCUT2D eigenvalue weighted by Gasteiger charge is -2.08. The Kier molecular flexibility index (Phi) is 3.64. The molecule has 0 heterocycles. The van der Waals surface area contributed by atoms with Crippen LogP contribution in [0.5, 0.6) is 5.75 Å². The van der Waals surface area contributed by atoms with Crippen LogP contribution in [0.1, 0.15) is 6.92 Å². The van der Waals surface area contributed by atoms with E-state index in [1.165, 1.54) is 25.1 Å². The summed E-state index contributed by atoms with van der Waals surface area (Å²) in [7, 11) is 0. The van der Waals surface area contributed by atoms with Gasteiger partial charge in [-0.05, 0) is 12.1 Å². The first kappa shape index (κ1) is 11.0. The molecule has 6 heteroatoms. The van der Waals surface area contributed by atoms with Gasteiger partial charge in [0.2, 0.25) is 6.41 Å². The number of esters is 1. The number of rotatable bonds is 4. The minimum absolute atomic E-state index is 0.237. The zero-order valence-electron chi connectivity index (χ0n) is 7.98. The lowest BCUT2D eigenvalue weighted by molar-refractivity contribution is -0.131. The van der Waals surface area contributed by atoms with Gasteiger partial charge in [-0.25, -0.2) is 0 Å². The molecule has 1 rings (SSSR count). The van der Waals surface area contributed by atoms with E-state index in [-0.39, 0.29) is 11.4 Å². The fourth-order valence-electron chi connectivity index (χ4n) is 1.03. The van der Waals surface area contributed by atoms with Crippen LogP contribution in [-0.4, -0.2) is 17.6 Å². The summed E-state index contributed by atoms with van der Waals surface area (Å²) < 4.78 is 4.78. The van der Waals surface area contributed by atoms with E-state index in [2.05, 4.69) is 5.32 Å². The van der Waals surface area contributed by atoms with Crippen molar-refractivity contribution in [3.63, 3.8) is 0 Å². The van der Waals surface area contributed by atoms with Crippen LogP contribution in [0.3, 0.4) is 0 Å². The molecule has 6 nitrogen and oxygen atoms in total. The van der Waals surface area contributed by atoms with Crippen LogP contribution in [0.25, 0.3) is 0 Å². The van der Waals surface area contributed by atoms with Crippen LogP contribution in [0, 0.1) is 0 Å². The molecular formula is C9H10N2O4. The highest BCUT2D eigenvalue weighted by molar-refractivity contribution is 5.81. The smallest absolute Gasteiger partial charge is 0.308 e. The maximum atomic E-state index is 10.6. The fourth-order valence-corrected chi connectivity index (χ4v) is 1.03. The highest BCUT2D eigenvalue weighted by Gasteiger charge is 2.04. The Morgan fingerprint density at radius 1 is 1.47 bits per heavy atom. The standard InChI is InChI=1S/C9H10N2O4/c1-6(13)15-7-2-3-8(10-5-12)9(4-7)11-14/h2-5,11,14H,1H3,(H,10,12). The third-order valence-corrected chi connectivity index (χ3v) is 1.59. The lowest BCUT2D eigenvalue weighted by atomic mass is 10.2. The monoisotopic (exact) mass is 210 g/mol. The van der Waals surface area contributed by atoms with Gasteiger partial charge >= 0.3 is 5.97 Å². The quantitative estimate of drug-likeness (QED) is 0.298. The van der Waals surface area contributed by atoms with Crippen molar-refractivity contribution in [3.8, 4) is 5.75 Å². The summed E-state index contributed by atoms with van der Waals surface area (Å²) >= 11 is 0. The van der Waals surface area contributed by atoms with Gasteiger partial charge in [0.1, 0.15) is 5.75 Å². The molecule has 15 heavy (non-hydrogen) atoms. The van der Waals surface area contributed by atoms with Crippen molar-refractivity contribution in [2.75, 3.05) is 10.8 Å². The molecular weight excluding hydrogens is 200 g/mol. The first-order valence-electron chi connectivity index (χ1n) is 4.10. The zero-order chi connectivity index (χ0) is 11.3. The Morgan fingerprint density at radius 2 is 2.20 bits per heavy atom. The maximum absolute atomic E-state index is 10.6. The van der Waals surface area contributed by atoms with Gasteiger partial charge in [0.15, 0.2) is 0 Å². The first-order chi connectivity index (χ1) is 7.17. The molecule has 0 aromatic heterocycles. The predicted molar refractivity (Wildman–Crippen MR) is 52.8 cm³/mol. The van der Waals surface area contributed by atoms with E-state index in [9.17, 15) is 9.59 Å². The maximum Gasteiger partial charge on any atom is 0.308 e. The van der Waals surface area contributed by atoms with Gasteiger partial charge in [0, 0.05) is 13.0 Å². The molecule has 0 radical (unpaired) electrons. The van der Waals surface area contributed by atoms with Crippen LogP contribution >= 0.6 is 0 Å². The summed E-state index contributed by atoms with van der Waals surface area (Å²) in [6.07, 6.45) is 0.474. The summed E-state index contributed by atoms with van der Waals surface area (Å²) in [6, 6.07) is 4.37. The molecule has 0 atom stereocenters. The van der Waals surface area contributed by atoms with Gasteiger partial charge in [-0.15, -0.1) is 0 Å². The third-order valence-electron chi connectivity index (χ3n) is 1.59. The van der Waals surface area contributed by atoms with Gasteiger partial charge in [-0.2, -0.15) is 0 Å². The highest BCUT2D eigenvalue weighted by Crippen LogP contribution is 2.26. The SMILES string of the molecule is CC(=O)Oc1ccc(NC=O)c(NO)c1. The fraction of sp³-hybridized carbons (Fsp3) is 0.111. The summed E-state index contributed by atoms with van der Waals surface area (Å²) in [5.41, 5.74) is 2.50. The number of amides is 1. The minimum atomic E-state index is -0.463. The average Bonchev–Trinajstić information content (AvgIpc) is 2.20. The largest absolute Gasteiger partial charge is 0.427 e. The van der Waals surface area contributed by atoms with E-state index in [1.54, 1.807) is 0 Å². The number of anilines is 2. The lowest BCUT2D eigenvalue weighted by Crippen LogP contribution is -2.04. The average molecular weight is 210 g/mol. The number of ether oxygens (including phenoxy) is 1. The molecule has 1 aromatic rings. The molecule has 0 bridgehead atoms. The predicted octanol–water partition coefficient (Wildman–Crippen LogP) is 0.981. The van der Waals surface area contributed by atoms with Crippen molar-refractivity contribution in [3.05, 3.63) is 18.2 Å². The molecule has 0 aliphatic rings. The molecule has 0 aliphatic heterocycles. The van der Waals surface area contributed by atoms with Crippen molar-refractivity contribution in [2.24, 2.45) is 0 Å². The molecule has 0 aliphatic carbocycles. The van der Waals surface area contributed by atoms with Crippen molar-refractivity contribution < 1.29 is 19.5 Å². The van der Waals surface area contributed by atoms with Gasteiger partial charge in [-0.1, -0.05) is 0 Å². The van der Waals surface area contributed by atoms with E-state index < -0.39 is 5.97 Å². The molecule has 1 amide bonds. The summed E-state index contributed by atoms with van der Waals surface area (Å²) in [6.45, 7) is 1.27. The first-order valence-corrected chi connectivity index (χ1v) is 4.10. The van der Waals surface area contributed by atoms with Crippen molar-refractivity contribution >= 4 is 23.8 Å². The van der Waals surface area contributed by atoms with Crippen LogP contribution in [0.15, 0.2) is 18.2 Å². The van der Waals surface area contributed by atoms with Crippen LogP contribution in [0.4, 0.5) is 11.4 Å². The van der Waals surface area contributed by atoms with E-state index in [1.807, 2.05) is 5.48 Å². The molecule has 3 N–H and O–H groups in total. The number of hydrogen-bond donors (Lipinski definition) is 3. The molecule has 0 spiro atoms. The number of carbonyl (C=O) groups excluding carboxylic acids is 2. The molecule has 1 aromatic carbocycles. The van der Waals surface area contributed by atoms with E-state index in [4.69, 9.17) is 9.94 Å².